The van der Waals surface area contributed by atoms with Crippen molar-refractivity contribution < 1.29 is 24.0 Å². The molecule has 11 heteroatoms. The van der Waals surface area contributed by atoms with Gasteiger partial charge in [0.15, 0.2) is 6.10 Å². The first kappa shape index (κ1) is 24.3. The summed E-state index contributed by atoms with van der Waals surface area (Å²) in [4.78, 5) is 48.7. The second-order valence-electron chi connectivity index (χ2n) is 7.17. The number of aryl methyl sites for hydroxylation is 1. The Kier molecular flexibility index (Phi) is 7.72. The van der Waals surface area contributed by atoms with Crippen LogP contribution in [-0.2, 0) is 9.59 Å². The maximum Gasteiger partial charge on any atom is 0.293 e. The van der Waals surface area contributed by atoms with Crippen molar-refractivity contribution in [1.29, 1.82) is 0 Å². The number of nitrogens with zero attached hydrogens (tertiary/aromatic N) is 2. The SMILES string of the molecule is Cc1ccc(OC(C)C(=O)NCCN2C(=O)S/C(=C\c3ccc(Cl)c([N+](=O)[O-])c3)C2=O)cc1. The Hall–Kier alpha value is -3.37. The van der Waals surface area contributed by atoms with Crippen LogP contribution < -0.4 is 10.1 Å². The number of amides is 3. The lowest BCUT2D eigenvalue weighted by Gasteiger charge is -2.16. The van der Waals surface area contributed by atoms with Crippen LogP contribution in [0.2, 0.25) is 5.02 Å². The number of ether oxygens (including phenoxy) is 1. The van der Waals surface area contributed by atoms with Crippen LogP contribution in [0.1, 0.15) is 18.1 Å². The first-order valence-corrected chi connectivity index (χ1v) is 11.1. The van der Waals surface area contributed by atoms with Crippen LogP contribution in [0.15, 0.2) is 47.4 Å². The summed E-state index contributed by atoms with van der Waals surface area (Å²) in [5, 5.41) is 13.2. The predicted molar refractivity (Wildman–Crippen MR) is 125 cm³/mol. The first-order valence-electron chi connectivity index (χ1n) is 9.86. The van der Waals surface area contributed by atoms with E-state index in [1.807, 2.05) is 19.1 Å². The second-order valence-corrected chi connectivity index (χ2v) is 8.57. The molecule has 0 aromatic heterocycles. The fourth-order valence-corrected chi connectivity index (χ4v) is 3.96. The summed E-state index contributed by atoms with van der Waals surface area (Å²) in [5.41, 5.74) is 1.14. The molecule has 1 N–H and O–H groups in total. The van der Waals surface area contributed by atoms with Crippen molar-refractivity contribution in [3.8, 4) is 5.75 Å². The molecule has 3 amide bonds. The molecule has 172 valence electrons. The fraction of sp³-hybridized carbons (Fsp3) is 0.227. The van der Waals surface area contributed by atoms with Crippen LogP contribution in [-0.4, -0.2) is 46.1 Å². The molecule has 1 aliphatic rings. The number of nitro groups is 1. The number of carbonyl (C=O) groups excluding carboxylic acids is 3. The number of nitrogens with one attached hydrogen (secondary N) is 1. The molecule has 3 rings (SSSR count). The number of nitro benzene ring substituents is 1. The molecular weight excluding hydrogens is 470 g/mol. The first-order chi connectivity index (χ1) is 15.7. The molecule has 0 bridgehead atoms. The maximum atomic E-state index is 12.6. The van der Waals surface area contributed by atoms with Gasteiger partial charge in [-0.25, -0.2) is 0 Å². The van der Waals surface area contributed by atoms with Crippen LogP contribution in [0.3, 0.4) is 0 Å². The van der Waals surface area contributed by atoms with Gasteiger partial charge in [-0.3, -0.25) is 29.4 Å². The van der Waals surface area contributed by atoms with Crippen molar-refractivity contribution in [3.05, 3.63) is 73.6 Å². The molecule has 2 aromatic rings. The van der Waals surface area contributed by atoms with Gasteiger partial charge in [0, 0.05) is 19.2 Å². The monoisotopic (exact) mass is 489 g/mol. The Labute approximate surface area is 198 Å². The molecule has 0 saturated carbocycles. The van der Waals surface area contributed by atoms with E-state index >= 15 is 0 Å². The van der Waals surface area contributed by atoms with Crippen LogP contribution in [0.4, 0.5) is 10.5 Å². The van der Waals surface area contributed by atoms with Gasteiger partial charge in [0.25, 0.3) is 22.7 Å². The van der Waals surface area contributed by atoms with Crippen molar-refractivity contribution in [3.63, 3.8) is 0 Å². The van der Waals surface area contributed by atoms with Gasteiger partial charge in [-0.15, -0.1) is 0 Å². The van der Waals surface area contributed by atoms with E-state index in [1.165, 1.54) is 24.3 Å². The van der Waals surface area contributed by atoms with Crippen LogP contribution in [0, 0.1) is 17.0 Å². The Morgan fingerprint density at radius 2 is 1.97 bits per heavy atom. The topological polar surface area (TPSA) is 119 Å². The zero-order valence-electron chi connectivity index (χ0n) is 17.7. The molecule has 1 aliphatic heterocycles. The van der Waals surface area contributed by atoms with Crippen molar-refractivity contribution in [2.75, 3.05) is 13.1 Å². The van der Waals surface area contributed by atoms with Gasteiger partial charge < -0.3 is 10.1 Å². The minimum Gasteiger partial charge on any atom is -0.481 e. The van der Waals surface area contributed by atoms with Gasteiger partial charge >= 0.3 is 0 Å². The third kappa shape index (κ3) is 6.11. The van der Waals surface area contributed by atoms with E-state index in [0.717, 1.165) is 22.2 Å². The van der Waals surface area contributed by atoms with Crippen molar-refractivity contribution in [2.45, 2.75) is 20.0 Å². The Bertz CT molecular complexity index is 1140. The number of halogens is 1. The zero-order valence-corrected chi connectivity index (χ0v) is 19.3. The van der Waals surface area contributed by atoms with Gasteiger partial charge in [0.05, 0.1) is 9.83 Å². The lowest BCUT2D eigenvalue weighted by Crippen LogP contribution is -2.41. The summed E-state index contributed by atoms with van der Waals surface area (Å²) in [6.07, 6.45) is 0.632. The Balaban J connectivity index is 1.56. The number of hydrogen-bond donors (Lipinski definition) is 1. The van der Waals surface area contributed by atoms with Gasteiger partial charge in [-0.1, -0.05) is 35.4 Å². The fourth-order valence-electron chi connectivity index (χ4n) is 2.91. The van der Waals surface area contributed by atoms with E-state index in [4.69, 9.17) is 16.3 Å². The van der Waals surface area contributed by atoms with Crippen LogP contribution in [0.25, 0.3) is 6.08 Å². The summed E-state index contributed by atoms with van der Waals surface area (Å²) in [5.74, 6) is -0.367. The summed E-state index contributed by atoms with van der Waals surface area (Å²) < 4.78 is 5.58. The Morgan fingerprint density at radius 1 is 1.27 bits per heavy atom. The molecule has 0 radical (unpaired) electrons. The highest BCUT2D eigenvalue weighted by Crippen LogP contribution is 2.33. The minimum absolute atomic E-state index is 0.0221. The number of hydrogen-bond acceptors (Lipinski definition) is 7. The summed E-state index contributed by atoms with van der Waals surface area (Å²) in [6, 6.07) is 11.4. The largest absolute Gasteiger partial charge is 0.481 e. The lowest BCUT2D eigenvalue weighted by molar-refractivity contribution is -0.384. The van der Waals surface area contributed by atoms with Gasteiger partial charge in [-0.2, -0.15) is 0 Å². The number of carbonyl (C=O) groups is 3. The molecule has 0 aliphatic carbocycles. The highest BCUT2D eigenvalue weighted by molar-refractivity contribution is 8.18. The number of thioether (sulfide) groups is 1. The number of benzene rings is 2. The van der Waals surface area contributed by atoms with E-state index < -0.39 is 22.2 Å². The molecule has 1 unspecified atom stereocenters. The third-order valence-electron chi connectivity index (χ3n) is 4.68. The standard InChI is InChI=1S/C22H20ClN3O6S/c1-13-3-6-16(7-4-13)32-14(2)20(27)24-9-10-25-21(28)19(33-22(25)29)12-15-5-8-17(23)18(11-15)26(30)31/h3-8,11-12,14H,9-10H2,1-2H3,(H,24,27)/b19-12-. The minimum atomic E-state index is -0.761. The molecule has 1 heterocycles. The van der Waals surface area contributed by atoms with Gasteiger partial charge in [0.2, 0.25) is 0 Å². The van der Waals surface area contributed by atoms with Crippen molar-refractivity contribution in [2.24, 2.45) is 0 Å². The summed E-state index contributed by atoms with van der Waals surface area (Å²) in [6.45, 7) is 3.58. The molecule has 9 nitrogen and oxygen atoms in total. The van der Waals surface area contributed by atoms with Crippen LogP contribution >= 0.6 is 23.4 Å². The van der Waals surface area contributed by atoms with Crippen molar-refractivity contribution >= 4 is 52.2 Å². The maximum absolute atomic E-state index is 12.6. The third-order valence-corrected chi connectivity index (χ3v) is 5.90. The zero-order chi connectivity index (χ0) is 24.1. The number of rotatable bonds is 8. The van der Waals surface area contributed by atoms with E-state index in [2.05, 4.69) is 5.32 Å². The normalized spacial score (nSPS) is 15.6. The predicted octanol–water partition coefficient (Wildman–Crippen LogP) is 4.18. The van der Waals surface area contributed by atoms with E-state index in [-0.39, 0.29) is 34.6 Å². The van der Waals surface area contributed by atoms with Crippen molar-refractivity contribution in [1.82, 2.24) is 10.2 Å². The molecule has 1 saturated heterocycles. The smallest absolute Gasteiger partial charge is 0.293 e. The number of imide groups is 1. The van der Waals surface area contributed by atoms with Crippen LogP contribution in [0.5, 0.6) is 5.75 Å². The molecule has 2 aromatic carbocycles. The average Bonchev–Trinajstić information content (AvgIpc) is 3.03. The highest BCUT2D eigenvalue weighted by atomic mass is 35.5. The molecule has 1 fully saturated rings. The molecular formula is C22H20ClN3O6S. The summed E-state index contributed by atoms with van der Waals surface area (Å²) >= 11 is 6.52. The van der Waals surface area contributed by atoms with Gasteiger partial charge in [-0.05, 0) is 55.4 Å². The molecule has 1 atom stereocenters. The van der Waals surface area contributed by atoms with E-state index in [0.29, 0.717) is 11.3 Å². The lowest BCUT2D eigenvalue weighted by atomic mass is 10.2. The van der Waals surface area contributed by atoms with E-state index in [9.17, 15) is 24.5 Å². The quantitative estimate of drug-likeness (QED) is 0.335. The Morgan fingerprint density at radius 3 is 2.64 bits per heavy atom. The second kappa shape index (κ2) is 10.5. The molecule has 33 heavy (non-hydrogen) atoms. The van der Waals surface area contributed by atoms with Gasteiger partial charge in [0.1, 0.15) is 10.8 Å². The molecule has 0 spiro atoms. The summed E-state index contributed by atoms with van der Waals surface area (Å²) in [7, 11) is 0. The highest BCUT2D eigenvalue weighted by Gasteiger charge is 2.35. The van der Waals surface area contributed by atoms with E-state index in [1.54, 1.807) is 19.1 Å². The average molecular weight is 490 g/mol.